The Bertz CT molecular complexity index is 566. The van der Waals surface area contributed by atoms with Gasteiger partial charge in [0.25, 0.3) is 15.0 Å². The lowest BCUT2D eigenvalue weighted by Gasteiger charge is -2.19. The molecule has 1 amide bonds. The van der Waals surface area contributed by atoms with E-state index >= 15 is 0 Å². The maximum Gasteiger partial charge on any atom is 0.262 e. The second-order valence-corrected chi connectivity index (χ2v) is 8.41. The van der Waals surface area contributed by atoms with E-state index in [1.54, 1.807) is 6.92 Å². The van der Waals surface area contributed by atoms with Crippen molar-refractivity contribution in [3.8, 4) is 0 Å². The Morgan fingerprint density at radius 3 is 2.47 bits per heavy atom. The quantitative estimate of drug-likeness (QED) is 0.847. The van der Waals surface area contributed by atoms with Crippen molar-refractivity contribution in [2.45, 2.75) is 45.1 Å². The Labute approximate surface area is 122 Å². The van der Waals surface area contributed by atoms with Crippen molar-refractivity contribution in [2.75, 3.05) is 0 Å². The van der Waals surface area contributed by atoms with Gasteiger partial charge in [-0.05, 0) is 25.8 Å². The smallest absolute Gasteiger partial charge is 0.262 e. The Morgan fingerprint density at radius 2 is 2.05 bits per heavy atom. The van der Waals surface area contributed by atoms with E-state index < -0.39 is 9.05 Å². The molecule has 0 spiro atoms. The van der Waals surface area contributed by atoms with Crippen LogP contribution in [0.25, 0.3) is 0 Å². The molecule has 1 rings (SSSR count). The number of thiophene rings is 1. The second kappa shape index (κ2) is 6.24. The normalized spacial score (nSPS) is 15.0. The first kappa shape index (κ1) is 16.5. The molecule has 0 bridgehead atoms. The van der Waals surface area contributed by atoms with Gasteiger partial charge in [-0.1, -0.05) is 20.3 Å². The van der Waals surface area contributed by atoms with Crippen molar-refractivity contribution < 1.29 is 13.2 Å². The molecule has 0 aliphatic heterocycles. The first-order valence-electron chi connectivity index (χ1n) is 6.02. The average Bonchev–Trinajstić information content (AvgIpc) is 2.69. The maximum absolute atomic E-state index is 12.0. The third-order valence-electron chi connectivity index (χ3n) is 3.21. The molecule has 4 nitrogen and oxygen atoms in total. The number of hydrogen-bond acceptors (Lipinski definition) is 4. The molecule has 1 aromatic heterocycles. The van der Waals surface area contributed by atoms with Gasteiger partial charge >= 0.3 is 0 Å². The van der Waals surface area contributed by atoms with Gasteiger partial charge in [0.05, 0.1) is 9.77 Å². The van der Waals surface area contributed by atoms with Gasteiger partial charge in [-0.15, -0.1) is 11.3 Å². The third-order valence-corrected chi connectivity index (χ3v) is 5.84. The summed E-state index contributed by atoms with van der Waals surface area (Å²) in [5.74, 6) is 0.105. The molecule has 0 aliphatic carbocycles. The SMILES string of the molecule is CCC(C)C(C)NC(=O)c1cc(S(=O)(=O)Cl)c(C)s1. The summed E-state index contributed by atoms with van der Waals surface area (Å²) in [4.78, 5) is 12.9. The van der Waals surface area contributed by atoms with E-state index in [-0.39, 0.29) is 16.8 Å². The molecule has 0 radical (unpaired) electrons. The van der Waals surface area contributed by atoms with Crippen molar-refractivity contribution in [3.63, 3.8) is 0 Å². The van der Waals surface area contributed by atoms with Crippen molar-refractivity contribution in [2.24, 2.45) is 5.92 Å². The van der Waals surface area contributed by atoms with Gasteiger partial charge in [-0.25, -0.2) is 8.42 Å². The van der Waals surface area contributed by atoms with Crippen LogP contribution in [-0.2, 0) is 9.05 Å². The van der Waals surface area contributed by atoms with Crippen LogP contribution in [0, 0.1) is 12.8 Å². The molecular formula is C12H18ClNO3S2. The van der Waals surface area contributed by atoms with Gasteiger partial charge in [-0.2, -0.15) is 0 Å². The molecular weight excluding hydrogens is 306 g/mol. The lowest BCUT2D eigenvalue weighted by Crippen LogP contribution is -2.36. The first-order valence-corrected chi connectivity index (χ1v) is 9.15. The highest BCUT2D eigenvalue weighted by molar-refractivity contribution is 8.13. The fraction of sp³-hybridized carbons (Fsp3) is 0.583. The Morgan fingerprint density at radius 1 is 1.47 bits per heavy atom. The molecule has 1 aromatic rings. The van der Waals surface area contributed by atoms with Crippen LogP contribution in [0.3, 0.4) is 0 Å². The standard InChI is InChI=1S/C12H18ClNO3S2/c1-5-7(2)8(3)14-12(15)10-6-11(9(4)18-10)19(13,16)17/h6-8H,5H2,1-4H3,(H,14,15). The van der Waals surface area contributed by atoms with Crippen molar-refractivity contribution in [1.29, 1.82) is 0 Å². The van der Waals surface area contributed by atoms with Gasteiger partial charge in [0.15, 0.2) is 0 Å². The lowest BCUT2D eigenvalue weighted by atomic mass is 10.0. The summed E-state index contributed by atoms with van der Waals surface area (Å²) >= 11 is 1.13. The van der Waals surface area contributed by atoms with Crippen LogP contribution in [0.4, 0.5) is 0 Å². The molecule has 19 heavy (non-hydrogen) atoms. The number of carbonyl (C=O) groups excluding carboxylic acids is 1. The summed E-state index contributed by atoms with van der Waals surface area (Å²) in [5, 5.41) is 2.87. The summed E-state index contributed by atoms with van der Waals surface area (Å²) in [6.45, 7) is 7.68. The monoisotopic (exact) mass is 323 g/mol. The van der Waals surface area contributed by atoms with Gasteiger partial charge in [-0.3, -0.25) is 4.79 Å². The zero-order valence-corrected chi connectivity index (χ0v) is 13.7. The molecule has 0 aliphatic rings. The van der Waals surface area contributed by atoms with Crippen LogP contribution >= 0.6 is 22.0 Å². The Kier molecular flexibility index (Phi) is 5.41. The fourth-order valence-corrected chi connectivity index (χ4v) is 4.16. The average molecular weight is 324 g/mol. The fourth-order valence-electron chi connectivity index (χ4n) is 1.59. The highest BCUT2D eigenvalue weighted by Gasteiger charge is 2.21. The molecule has 1 N–H and O–H groups in total. The molecule has 2 atom stereocenters. The molecule has 108 valence electrons. The summed E-state index contributed by atoms with van der Waals surface area (Å²) in [6, 6.07) is 1.37. The van der Waals surface area contributed by atoms with Crippen molar-refractivity contribution >= 4 is 37.0 Å². The lowest BCUT2D eigenvalue weighted by molar-refractivity contribution is 0.0932. The number of hydrogen-bond donors (Lipinski definition) is 1. The summed E-state index contributed by atoms with van der Waals surface area (Å²) < 4.78 is 22.6. The highest BCUT2D eigenvalue weighted by atomic mass is 35.7. The largest absolute Gasteiger partial charge is 0.349 e. The minimum Gasteiger partial charge on any atom is -0.349 e. The maximum atomic E-state index is 12.0. The van der Waals surface area contributed by atoms with E-state index in [1.165, 1.54) is 6.07 Å². The number of aryl methyl sites for hydroxylation is 1. The molecule has 0 saturated heterocycles. The van der Waals surface area contributed by atoms with Gasteiger partial charge in [0.1, 0.15) is 0 Å². The first-order chi connectivity index (χ1) is 8.66. The predicted octanol–water partition coefficient (Wildman–Crippen LogP) is 3.15. The number of rotatable bonds is 5. The Balaban J connectivity index is 2.91. The molecule has 0 fully saturated rings. The minimum absolute atomic E-state index is 0.0144. The van der Waals surface area contributed by atoms with Crippen molar-refractivity contribution in [1.82, 2.24) is 5.32 Å². The van der Waals surface area contributed by atoms with Crippen LogP contribution < -0.4 is 5.32 Å². The summed E-state index contributed by atoms with van der Waals surface area (Å²) in [7, 11) is 1.51. The summed E-state index contributed by atoms with van der Waals surface area (Å²) in [5.41, 5.74) is 0. The van der Waals surface area contributed by atoms with E-state index in [2.05, 4.69) is 19.2 Å². The zero-order chi connectivity index (χ0) is 14.8. The van der Waals surface area contributed by atoms with Gasteiger partial charge < -0.3 is 5.32 Å². The Hall–Kier alpha value is -0.590. The van der Waals surface area contributed by atoms with E-state index in [9.17, 15) is 13.2 Å². The van der Waals surface area contributed by atoms with E-state index in [4.69, 9.17) is 10.7 Å². The minimum atomic E-state index is -3.79. The van der Waals surface area contributed by atoms with Crippen LogP contribution in [0.1, 0.15) is 41.7 Å². The number of amides is 1. The van der Waals surface area contributed by atoms with E-state index in [0.717, 1.165) is 17.8 Å². The number of carbonyl (C=O) groups is 1. The zero-order valence-electron chi connectivity index (χ0n) is 11.4. The molecule has 0 saturated carbocycles. The second-order valence-electron chi connectivity index (χ2n) is 4.62. The molecule has 7 heteroatoms. The van der Waals surface area contributed by atoms with Crippen LogP contribution in [-0.4, -0.2) is 20.4 Å². The topological polar surface area (TPSA) is 63.2 Å². The molecule has 2 unspecified atom stereocenters. The van der Waals surface area contributed by atoms with Crippen LogP contribution in [0.2, 0.25) is 0 Å². The van der Waals surface area contributed by atoms with Crippen LogP contribution in [0.5, 0.6) is 0 Å². The highest BCUT2D eigenvalue weighted by Crippen LogP contribution is 2.28. The van der Waals surface area contributed by atoms with Crippen LogP contribution in [0.15, 0.2) is 11.0 Å². The predicted molar refractivity (Wildman–Crippen MR) is 78.5 cm³/mol. The molecule has 0 aromatic carbocycles. The third kappa shape index (κ3) is 4.19. The van der Waals surface area contributed by atoms with E-state index in [0.29, 0.717) is 15.7 Å². The number of nitrogens with one attached hydrogen (secondary N) is 1. The van der Waals surface area contributed by atoms with E-state index in [1.807, 2.05) is 6.92 Å². The summed E-state index contributed by atoms with van der Waals surface area (Å²) in [6.07, 6.45) is 0.965. The molecule has 1 heterocycles. The van der Waals surface area contributed by atoms with Crippen molar-refractivity contribution in [3.05, 3.63) is 15.8 Å². The van der Waals surface area contributed by atoms with Gasteiger partial charge in [0.2, 0.25) is 0 Å². The number of halogens is 1. The van der Waals surface area contributed by atoms with Gasteiger partial charge in [0, 0.05) is 21.6 Å².